The maximum atomic E-state index is 11.6. The summed E-state index contributed by atoms with van der Waals surface area (Å²) >= 11 is 1.16. The molecular weight excluding hydrogens is 310 g/mol. The molecule has 0 aliphatic heterocycles. The molecule has 2 amide bonds. The molecule has 9 nitrogen and oxygen atoms in total. The molecule has 22 heavy (non-hydrogen) atoms. The van der Waals surface area contributed by atoms with Crippen molar-refractivity contribution in [1.82, 2.24) is 16.3 Å². The van der Waals surface area contributed by atoms with Crippen molar-refractivity contribution in [3.05, 3.63) is 0 Å². The lowest BCUT2D eigenvalue weighted by Gasteiger charge is -2.19. The second-order valence-corrected chi connectivity index (χ2v) is 7.04. The van der Waals surface area contributed by atoms with Gasteiger partial charge >= 0.3 is 17.4 Å². The number of rotatable bonds is 1. The van der Waals surface area contributed by atoms with Crippen LogP contribution >= 0.6 is 11.8 Å². The molecule has 0 aliphatic carbocycles. The molecule has 0 unspecified atom stereocenters. The van der Waals surface area contributed by atoms with Crippen LogP contribution in [0.1, 0.15) is 41.5 Å². The molecule has 0 saturated heterocycles. The van der Waals surface area contributed by atoms with Gasteiger partial charge in [-0.3, -0.25) is 0 Å². The summed E-state index contributed by atoms with van der Waals surface area (Å²) in [6, 6.07) is 0. The van der Waals surface area contributed by atoms with Gasteiger partial charge in [0.25, 0.3) is 0 Å². The summed E-state index contributed by atoms with van der Waals surface area (Å²) in [5, 5.41) is 0.261. The Hall–Kier alpha value is -1.84. The number of amides is 2. The van der Waals surface area contributed by atoms with Crippen molar-refractivity contribution in [3.63, 3.8) is 0 Å². The van der Waals surface area contributed by atoms with Crippen molar-refractivity contribution in [2.24, 2.45) is 5.84 Å². The van der Waals surface area contributed by atoms with Crippen LogP contribution in [0.15, 0.2) is 0 Å². The number of hydrazone groups is 2. The number of carbonyl (C=O) groups is 2. The van der Waals surface area contributed by atoms with Gasteiger partial charge in [-0.15, -0.1) is 5.43 Å². The Morgan fingerprint density at radius 2 is 1.41 bits per heavy atom. The molecule has 128 valence electrons. The normalized spacial score (nSPS) is 12.9. The number of thioether (sulfide) groups is 1. The van der Waals surface area contributed by atoms with E-state index in [1.165, 1.54) is 0 Å². The highest BCUT2D eigenvalue weighted by Gasteiger charge is 2.22. The first-order chi connectivity index (χ1) is 9.84. The lowest BCUT2D eigenvalue weighted by atomic mass is 10.2. The van der Waals surface area contributed by atoms with Crippen molar-refractivity contribution < 1.29 is 23.9 Å². The number of hydrazine groups is 3. The minimum absolute atomic E-state index is 0.261. The Kier molecular flexibility index (Phi) is 7.30. The predicted octanol–water partition coefficient (Wildman–Crippen LogP) is 1.06. The van der Waals surface area contributed by atoms with E-state index < -0.39 is 23.4 Å². The van der Waals surface area contributed by atoms with E-state index in [1.807, 2.05) is 0 Å². The topological polar surface area (TPSA) is 118 Å². The van der Waals surface area contributed by atoms with Gasteiger partial charge in [0.1, 0.15) is 11.2 Å². The average molecular weight is 336 g/mol. The summed E-state index contributed by atoms with van der Waals surface area (Å²) in [4.78, 5) is 24.0. The molecule has 10 heteroatoms. The van der Waals surface area contributed by atoms with Crippen LogP contribution in [-0.2, 0) is 9.47 Å². The molecule has 0 bridgehead atoms. The Bertz CT molecular complexity index is 440. The molecular formula is C12H26N5O4S+. The minimum Gasteiger partial charge on any atom is -0.442 e. The maximum Gasteiger partial charge on any atom is 0.445 e. The first kappa shape index (κ1) is 20.2. The standard InChI is InChI=1S/C12H25N5O4S/c1-11(2,3)20-9(18)15-14-8(22-7)17(13)16-10(19)21-12(4,5)6/h13H2,1-7H3,(H2,15,16,18,19)/p+1. The van der Waals surface area contributed by atoms with E-state index in [-0.39, 0.29) is 5.17 Å². The van der Waals surface area contributed by atoms with Gasteiger partial charge in [0.05, 0.1) is 0 Å². The van der Waals surface area contributed by atoms with Crippen LogP contribution in [0, 0.1) is 0 Å². The van der Waals surface area contributed by atoms with Gasteiger partial charge in [-0.1, -0.05) is 0 Å². The fraction of sp³-hybridized carbons (Fsp3) is 0.750. The maximum absolute atomic E-state index is 11.6. The van der Waals surface area contributed by atoms with Crippen LogP contribution in [0.5, 0.6) is 0 Å². The van der Waals surface area contributed by atoms with Gasteiger partial charge in [-0.25, -0.2) is 15.4 Å². The second kappa shape index (κ2) is 7.97. The molecule has 0 aliphatic rings. The van der Waals surface area contributed by atoms with Crippen molar-refractivity contribution in [3.8, 4) is 0 Å². The van der Waals surface area contributed by atoms with E-state index >= 15 is 0 Å². The molecule has 5 N–H and O–H groups in total. The number of hydrogen-bond acceptors (Lipinski definition) is 6. The van der Waals surface area contributed by atoms with Crippen LogP contribution in [0.3, 0.4) is 0 Å². The lowest BCUT2D eigenvalue weighted by molar-refractivity contribution is -0.585. The summed E-state index contributed by atoms with van der Waals surface area (Å²) in [5.74, 6) is 5.67. The van der Waals surface area contributed by atoms with Crippen LogP contribution in [0.4, 0.5) is 9.59 Å². The lowest BCUT2D eigenvalue weighted by Crippen LogP contribution is -2.52. The van der Waals surface area contributed by atoms with Crippen LogP contribution < -0.4 is 22.1 Å². The molecule has 0 heterocycles. The number of hydrogen-bond donors (Lipinski definition) is 4. The Morgan fingerprint density at radius 1 is 0.955 bits per heavy atom. The zero-order valence-corrected chi connectivity index (χ0v) is 14.9. The van der Waals surface area contributed by atoms with E-state index in [0.717, 1.165) is 16.6 Å². The highest BCUT2D eigenvalue weighted by Crippen LogP contribution is 2.07. The first-order valence-corrected chi connectivity index (χ1v) is 7.77. The van der Waals surface area contributed by atoms with Gasteiger partial charge in [-0.2, -0.15) is 10.9 Å². The third kappa shape index (κ3) is 9.97. The summed E-state index contributed by atoms with van der Waals surface area (Å²) in [6.45, 7) is 10.4. The van der Waals surface area contributed by atoms with E-state index in [2.05, 4.69) is 16.3 Å². The van der Waals surface area contributed by atoms with Crippen molar-refractivity contribution in [2.75, 3.05) is 6.26 Å². The number of nitrogens with zero attached hydrogens (tertiary/aromatic N) is 1. The van der Waals surface area contributed by atoms with Gasteiger partial charge in [0.15, 0.2) is 0 Å². The molecule has 0 atom stereocenters. The van der Waals surface area contributed by atoms with E-state index in [9.17, 15) is 9.59 Å². The third-order valence-electron chi connectivity index (χ3n) is 1.69. The predicted molar refractivity (Wildman–Crippen MR) is 84.8 cm³/mol. The highest BCUT2D eigenvalue weighted by atomic mass is 32.2. The summed E-state index contributed by atoms with van der Waals surface area (Å²) in [7, 11) is 0. The van der Waals surface area contributed by atoms with Crippen molar-refractivity contribution in [1.29, 1.82) is 0 Å². The molecule has 0 aromatic carbocycles. The van der Waals surface area contributed by atoms with Crippen molar-refractivity contribution >= 4 is 29.1 Å². The highest BCUT2D eigenvalue weighted by molar-refractivity contribution is 8.13. The molecule has 0 radical (unpaired) electrons. The Labute approximate surface area is 134 Å². The summed E-state index contributed by atoms with van der Waals surface area (Å²) in [5.41, 5.74) is 5.88. The van der Waals surface area contributed by atoms with E-state index in [4.69, 9.17) is 15.3 Å². The summed E-state index contributed by atoms with van der Waals surface area (Å²) in [6.07, 6.45) is 0.306. The monoisotopic (exact) mass is 336 g/mol. The van der Waals surface area contributed by atoms with Gasteiger partial charge in [-0.05, 0) is 64.4 Å². The number of ether oxygens (including phenoxy) is 2. The number of carbonyl (C=O) groups excluding carboxylic acids is 2. The zero-order chi connectivity index (χ0) is 17.6. The fourth-order valence-electron chi connectivity index (χ4n) is 1.07. The molecule has 0 saturated carbocycles. The zero-order valence-electron chi connectivity index (χ0n) is 14.1. The van der Waals surface area contributed by atoms with Crippen LogP contribution in [-0.4, -0.2) is 39.6 Å². The van der Waals surface area contributed by atoms with Crippen molar-refractivity contribution in [2.45, 2.75) is 52.7 Å². The fourth-order valence-corrected chi connectivity index (χ4v) is 1.46. The first-order valence-electron chi connectivity index (χ1n) is 6.54. The largest absolute Gasteiger partial charge is 0.445 e. The molecule has 0 spiro atoms. The molecule has 0 aromatic rings. The smallest absolute Gasteiger partial charge is 0.442 e. The minimum atomic E-state index is -0.722. The van der Waals surface area contributed by atoms with Gasteiger partial charge < -0.3 is 9.47 Å². The molecule has 0 rings (SSSR count). The SMILES string of the molecule is CS/C(NNC(=O)OC(C)(C)C)=[N+](/N)NC(=O)OC(C)(C)C. The molecule has 0 fully saturated rings. The second-order valence-electron chi connectivity index (χ2n) is 6.24. The number of nitrogens with one attached hydrogen (secondary N) is 3. The van der Waals surface area contributed by atoms with Crippen LogP contribution in [0.25, 0.3) is 0 Å². The quantitative estimate of drug-likeness (QED) is 0.186. The van der Waals surface area contributed by atoms with E-state index in [1.54, 1.807) is 47.8 Å². The van der Waals surface area contributed by atoms with Crippen LogP contribution in [0.2, 0.25) is 0 Å². The average Bonchev–Trinajstić information content (AvgIpc) is 2.24. The molecule has 0 aromatic heterocycles. The number of nitrogens with two attached hydrogens (primary N) is 1. The number of amidine groups is 1. The third-order valence-corrected chi connectivity index (χ3v) is 2.38. The Morgan fingerprint density at radius 3 is 1.82 bits per heavy atom. The van der Waals surface area contributed by atoms with E-state index in [0.29, 0.717) is 0 Å². The summed E-state index contributed by atoms with van der Waals surface area (Å²) < 4.78 is 10.1. The van der Waals surface area contributed by atoms with Gasteiger partial charge in [0, 0.05) is 0 Å². The Balaban J connectivity index is 4.59. The van der Waals surface area contributed by atoms with Gasteiger partial charge in [0.2, 0.25) is 0 Å².